The first-order valence-corrected chi connectivity index (χ1v) is 9.01. The Morgan fingerprint density at radius 2 is 1.43 bits per heavy atom. The third kappa shape index (κ3) is 2.54. The van der Waals surface area contributed by atoms with Gasteiger partial charge in [-0.1, -0.05) is 30.3 Å². The normalized spacial score (nSPS) is 40.2. The average Bonchev–Trinajstić information content (AvgIpc) is 2.47. The van der Waals surface area contributed by atoms with Gasteiger partial charge in [0.1, 0.15) is 0 Å². The van der Waals surface area contributed by atoms with E-state index in [-0.39, 0.29) is 0 Å². The van der Waals surface area contributed by atoms with Crippen LogP contribution in [-0.2, 0) is 0 Å². The molecule has 5 rings (SSSR count). The summed E-state index contributed by atoms with van der Waals surface area (Å²) in [5.74, 6) is 5.15. The zero-order valence-electron chi connectivity index (χ0n) is 13.5. The highest BCUT2D eigenvalue weighted by Gasteiger charge is 2.49. The Labute approximate surface area is 129 Å². The minimum atomic E-state index is 0.471. The zero-order chi connectivity index (χ0) is 14.4. The van der Waals surface area contributed by atoms with E-state index in [1.54, 1.807) is 6.42 Å². The van der Waals surface area contributed by atoms with Gasteiger partial charge in [-0.2, -0.15) is 0 Å². The van der Waals surface area contributed by atoms with Crippen LogP contribution < -0.4 is 5.32 Å². The van der Waals surface area contributed by atoms with Crippen LogP contribution in [0.4, 0.5) is 0 Å². The molecule has 0 unspecified atom stereocenters. The number of nitrogens with one attached hydrogen (secondary N) is 1. The van der Waals surface area contributed by atoms with Crippen LogP contribution in [-0.4, -0.2) is 6.04 Å². The summed E-state index contributed by atoms with van der Waals surface area (Å²) in [7, 11) is 0. The molecule has 0 heterocycles. The largest absolute Gasteiger partial charge is 0.307 e. The summed E-state index contributed by atoms with van der Waals surface area (Å²) in [6, 6.07) is 12.1. The number of benzene rings is 1. The standard InChI is InChI=1S/C20H29N/c1-13(17-6-4-3-5-7-17)21-14(2)20-18-9-15-8-16(11-18)12-19(20)10-15/h3-7,13-16,18-21H,8-12H2,1-2H3/t13-,14+,15?,16?,18?,19?,20?/m0/s1. The van der Waals surface area contributed by atoms with Gasteiger partial charge in [0.05, 0.1) is 0 Å². The Kier molecular flexibility index (Phi) is 3.57. The molecule has 1 aromatic carbocycles. The Hall–Kier alpha value is -0.820. The summed E-state index contributed by atoms with van der Waals surface area (Å²) >= 11 is 0. The van der Waals surface area contributed by atoms with Crippen LogP contribution in [0.3, 0.4) is 0 Å². The molecule has 114 valence electrons. The van der Waals surface area contributed by atoms with Crippen molar-refractivity contribution >= 4 is 0 Å². The Morgan fingerprint density at radius 1 is 0.857 bits per heavy atom. The lowest BCUT2D eigenvalue weighted by Gasteiger charge is -2.56. The van der Waals surface area contributed by atoms with Crippen molar-refractivity contribution in [3.63, 3.8) is 0 Å². The smallest absolute Gasteiger partial charge is 0.0294 e. The number of hydrogen-bond acceptors (Lipinski definition) is 1. The highest BCUT2D eigenvalue weighted by Crippen LogP contribution is 2.57. The van der Waals surface area contributed by atoms with Gasteiger partial charge in [-0.15, -0.1) is 0 Å². The lowest BCUT2D eigenvalue weighted by atomic mass is 9.50. The topological polar surface area (TPSA) is 12.0 Å². The second-order valence-electron chi connectivity index (χ2n) is 8.10. The zero-order valence-corrected chi connectivity index (χ0v) is 13.5. The van der Waals surface area contributed by atoms with Crippen LogP contribution >= 0.6 is 0 Å². The van der Waals surface area contributed by atoms with Crippen molar-refractivity contribution in [3.8, 4) is 0 Å². The maximum Gasteiger partial charge on any atom is 0.0294 e. The lowest BCUT2D eigenvalue weighted by molar-refractivity contribution is -0.0504. The van der Waals surface area contributed by atoms with Gasteiger partial charge in [0.25, 0.3) is 0 Å². The Morgan fingerprint density at radius 3 is 2.00 bits per heavy atom. The van der Waals surface area contributed by atoms with E-state index in [0.29, 0.717) is 12.1 Å². The van der Waals surface area contributed by atoms with E-state index in [4.69, 9.17) is 0 Å². The highest BCUT2D eigenvalue weighted by atomic mass is 15.0. The van der Waals surface area contributed by atoms with E-state index in [9.17, 15) is 0 Å². The average molecular weight is 283 g/mol. The first-order valence-electron chi connectivity index (χ1n) is 9.01. The van der Waals surface area contributed by atoms with Crippen molar-refractivity contribution < 1.29 is 0 Å². The molecule has 0 aromatic heterocycles. The minimum absolute atomic E-state index is 0.471. The fraction of sp³-hybridized carbons (Fsp3) is 0.700. The van der Waals surface area contributed by atoms with Gasteiger partial charge in [0.15, 0.2) is 0 Å². The molecule has 1 aromatic rings. The van der Waals surface area contributed by atoms with Gasteiger partial charge in [-0.25, -0.2) is 0 Å². The van der Waals surface area contributed by atoms with Crippen LogP contribution in [0.5, 0.6) is 0 Å². The maximum absolute atomic E-state index is 3.92. The van der Waals surface area contributed by atoms with Gasteiger partial charge in [0.2, 0.25) is 0 Å². The summed E-state index contributed by atoms with van der Waals surface area (Å²) < 4.78 is 0. The Balaban J connectivity index is 1.44. The molecule has 0 aliphatic heterocycles. The fourth-order valence-electron chi connectivity index (χ4n) is 6.13. The molecule has 0 radical (unpaired) electrons. The summed E-state index contributed by atoms with van der Waals surface area (Å²) in [6.45, 7) is 4.77. The van der Waals surface area contributed by atoms with Crippen molar-refractivity contribution in [1.82, 2.24) is 5.32 Å². The molecule has 4 saturated carbocycles. The minimum Gasteiger partial charge on any atom is -0.307 e. The predicted molar refractivity (Wildman–Crippen MR) is 88.0 cm³/mol. The van der Waals surface area contributed by atoms with Crippen LogP contribution in [0.15, 0.2) is 30.3 Å². The molecule has 4 aliphatic rings. The molecule has 4 aliphatic carbocycles. The predicted octanol–water partition coefficient (Wildman–Crippen LogP) is 4.80. The van der Waals surface area contributed by atoms with E-state index < -0.39 is 0 Å². The van der Waals surface area contributed by atoms with Crippen LogP contribution in [0.1, 0.15) is 57.6 Å². The SMILES string of the molecule is C[C@H](N[C@H](C)C1C2CC3CC(C2)CC1C3)c1ccccc1. The van der Waals surface area contributed by atoms with E-state index in [1.807, 2.05) is 0 Å². The van der Waals surface area contributed by atoms with E-state index in [2.05, 4.69) is 49.5 Å². The summed E-state index contributed by atoms with van der Waals surface area (Å²) in [5, 5.41) is 3.92. The van der Waals surface area contributed by atoms with Crippen molar-refractivity contribution in [1.29, 1.82) is 0 Å². The van der Waals surface area contributed by atoms with Crippen molar-refractivity contribution in [3.05, 3.63) is 35.9 Å². The molecule has 0 saturated heterocycles. The summed E-state index contributed by atoms with van der Waals surface area (Å²) in [6.07, 6.45) is 7.68. The van der Waals surface area contributed by atoms with E-state index >= 15 is 0 Å². The second-order valence-corrected chi connectivity index (χ2v) is 8.10. The van der Waals surface area contributed by atoms with Gasteiger partial charge >= 0.3 is 0 Å². The molecule has 21 heavy (non-hydrogen) atoms. The first-order chi connectivity index (χ1) is 10.2. The molecule has 0 amide bonds. The van der Waals surface area contributed by atoms with E-state index in [0.717, 1.165) is 29.6 Å². The first kappa shape index (κ1) is 13.8. The third-order valence-corrected chi connectivity index (χ3v) is 6.69. The van der Waals surface area contributed by atoms with Crippen molar-refractivity contribution in [2.75, 3.05) is 0 Å². The van der Waals surface area contributed by atoms with Crippen molar-refractivity contribution in [2.24, 2.45) is 29.6 Å². The Bertz CT molecular complexity index is 452. The fourth-order valence-corrected chi connectivity index (χ4v) is 6.13. The summed E-state index contributed by atoms with van der Waals surface area (Å²) in [5.41, 5.74) is 1.42. The van der Waals surface area contributed by atoms with Gasteiger partial charge < -0.3 is 5.32 Å². The summed E-state index contributed by atoms with van der Waals surface area (Å²) in [4.78, 5) is 0. The molecule has 1 nitrogen and oxygen atoms in total. The molecule has 4 bridgehead atoms. The molecule has 2 atom stereocenters. The third-order valence-electron chi connectivity index (χ3n) is 6.69. The second kappa shape index (κ2) is 5.43. The van der Waals surface area contributed by atoms with Gasteiger partial charge in [-0.3, -0.25) is 0 Å². The van der Waals surface area contributed by atoms with Gasteiger partial charge in [-0.05, 0) is 81.1 Å². The lowest BCUT2D eigenvalue weighted by Crippen LogP contribution is -2.52. The maximum atomic E-state index is 3.92. The van der Waals surface area contributed by atoms with Crippen LogP contribution in [0, 0.1) is 29.6 Å². The molecule has 4 fully saturated rings. The number of rotatable bonds is 4. The van der Waals surface area contributed by atoms with Crippen LogP contribution in [0.25, 0.3) is 0 Å². The molecule has 1 heteroatoms. The molecule has 1 N–H and O–H groups in total. The highest BCUT2D eigenvalue weighted by molar-refractivity contribution is 5.18. The molecular formula is C20H29N. The molecule has 0 spiro atoms. The van der Waals surface area contributed by atoms with Crippen LogP contribution in [0.2, 0.25) is 0 Å². The van der Waals surface area contributed by atoms with Crippen molar-refractivity contribution in [2.45, 2.75) is 58.0 Å². The quantitative estimate of drug-likeness (QED) is 0.837. The number of hydrogen-bond donors (Lipinski definition) is 1. The van der Waals surface area contributed by atoms with E-state index in [1.165, 1.54) is 31.2 Å². The van der Waals surface area contributed by atoms with Gasteiger partial charge in [0, 0.05) is 12.1 Å². The molecular weight excluding hydrogens is 254 g/mol. The monoisotopic (exact) mass is 283 g/mol.